The van der Waals surface area contributed by atoms with Gasteiger partial charge in [-0.2, -0.15) is 13.2 Å². The average molecular weight is 568 g/mol. The minimum absolute atomic E-state index is 0.0572. The number of hydrogen-bond acceptors (Lipinski definition) is 5. The highest BCUT2D eigenvalue weighted by atomic mass is 19.4. The SMILES string of the molecule is C/C(=N\OC(=O)N(CCN(C)C(=O)C(F)(F)F)C(C)C)[C@H]1CC[C@H]2[C@@H]3CCC4=CC(=O)CC[C@]4(C)[C@H]3CC[C@]12C. The Morgan fingerprint density at radius 2 is 1.77 bits per heavy atom. The smallest absolute Gasteiger partial charge is 0.336 e. The Balaban J connectivity index is 1.41. The molecule has 0 aromatic rings. The number of halogens is 3. The molecule has 10 heteroatoms. The van der Waals surface area contributed by atoms with Gasteiger partial charge in [-0.25, -0.2) is 4.79 Å². The molecule has 4 aliphatic carbocycles. The van der Waals surface area contributed by atoms with Gasteiger partial charge in [-0.1, -0.05) is 24.6 Å². The molecule has 4 rings (SSSR count). The maximum Gasteiger partial charge on any atom is 0.471 e. The fraction of sp³-hybridized carbons (Fsp3) is 0.800. The van der Waals surface area contributed by atoms with Crippen LogP contribution in [0.15, 0.2) is 16.8 Å². The molecule has 0 bridgehead atoms. The molecule has 2 amide bonds. The van der Waals surface area contributed by atoms with Crippen molar-refractivity contribution in [2.75, 3.05) is 20.1 Å². The second-order valence-electron chi connectivity index (χ2n) is 13.2. The van der Waals surface area contributed by atoms with Crippen LogP contribution in [0.4, 0.5) is 18.0 Å². The monoisotopic (exact) mass is 567 g/mol. The molecule has 3 fully saturated rings. The number of rotatable bonds is 6. The van der Waals surface area contributed by atoms with Crippen LogP contribution in [0.3, 0.4) is 0 Å². The van der Waals surface area contributed by atoms with Crippen molar-refractivity contribution in [1.82, 2.24) is 9.80 Å². The van der Waals surface area contributed by atoms with Crippen LogP contribution in [0.2, 0.25) is 0 Å². The predicted molar refractivity (Wildman–Crippen MR) is 145 cm³/mol. The molecule has 0 aromatic carbocycles. The summed E-state index contributed by atoms with van der Waals surface area (Å²) in [6, 6.07) is -0.345. The molecule has 0 spiro atoms. The third-order valence-corrected chi connectivity index (χ3v) is 10.9. The summed E-state index contributed by atoms with van der Waals surface area (Å²) in [4.78, 5) is 43.6. The minimum Gasteiger partial charge on any atom is -0.336 e. The fourth-order valence-corrected chi connectivity index (χ4v) is 8.61. The molecule has 224 valence electrons. The van der Waals surface area contributed by atoms with Gasteiger partial charge in [0.2, 0.25) is 0 Å². The molecule has 7 nitrogen and oxygen atoms in total. The van der Waals surface area contributed by atoms with Crippen LogP contribution in [0.5, 0.6) is 0 Å². The van der Waals surface area contributed by atoms with E-state index in [2.05, 4.69) is 19.0 Å². The number of nitrogens with zero attached hydrogens (tertiary/aromatic N) is 3. The molecule has 0 heterocycles. The number of carbonyl (C=O) groups is 3. The number of alkyl halides is 3. The lowest BCUT2D eigenvalue weighted by Gasteiger charge is -2.58. The van der Waals surface area contributed by atoms with Gasteiger partial charge in [-0.3, -0.25) is 14.4 Å². The summed E-state index contributed by atoms with van der Waals surface area (Å²) in [5.74, 6) is 0.269. The van der Waals surface area contributed by atoms with Crippen molar-refractivity contribution in [3.8, 4) is 0 Å². The molecule has 0 unspecified atom stereocenters. The number of allylic oxidation sites excluding steroid dienone is 1. The Morgan fingerprint density at radius 1 is 1.07 bits per heavy atom. The summed E-state index contributed by atoms with van der Waals surface area (Å²) in [5, 5.41) is 4.26. The molecule has 0 aliphatic heterocycles. The molecule has 0 radical (unpaired) electrons. The summed E-state index contributed by atoms with van der Waals surface area (Å²) >= 11 is 0. The first-order valence-electron chi connectivity index (χ1n) is 14.7. The lowest BCUT2D eigenvalue weighted by molar-refractivity contribution is -0.184. The first-order chi connectivity index (χ1) is 18.6. The van der Waals surface area contributed by atoms with Gasteiger partial charge in [0.15, 0.2) is 5.78 Å². The lowest BCUT2D eigenvalue weighted by Crippen LogP contribution is -2.51. The van der Waals surface area contributed by atoms with Gasteiger partial charge in [0, 0.05) is 38.5 Å². The molecule has 40 heavy (non-hydrogen) atoms. The number of oxime groups is 1. The highest BCUT2D eigenvalue weighted by Gasteiger charge is 2.59. The van der Waals surface area contributed by atoms with Gasteiger partial charge < -0.3 is 9.80 Å². The maximum atomic E-state index is 12.9. The Hall–Kier alpha value is -2.39. The van der Waals surface area contributed by atoms with Crippen LogP contribution in [0.1, 0.15) is 86.0 Å². The second-order valence-corrected chi connectivity index (χ2v) is 13.2. The van der Waals surface area contributed by atoms with Crippen LogP contribution < -0.4 is 0 Å². The molecule has 3 saturated carbocycles. The highest BCUT2D eigenvalue weighted by Crippen LogP contribution is 2.66. The van der Waals surface area contributed by atoms with Crippen LogP contribution in [0, 0.1) is 34.5 Å². The van der Waals surface area contributed by atoms with Crippen LogP contribution in [0.25, 0.3) is 0 Å². The topological polar surface area (TPSA) is 79.3 Å². The van der Waals surface area contributed by atoms with E-state index < -0.39 is 18.2 Å². The molecule has 0 aromatic heterocycles. The Bertz CT molecular complexity index is 1090. The van der Waals surface area contributed by atoms with Crippen molar-refractivity contribution in [3.05, 3.63) is 11.6 Å². The highest BCUT2D eigenvalue weighted by molar-refractivity contribution is 5.91. The lowest BCUT2D eigenvalue weighted by atomic mass is 9.46. The first kappa shape index (κ1) is 30.6. The number of amides is 2. The molecule has 4 aliphatic rings. The van der Waals surface area contributed by atoms with Gasteiger partial charge in [0.05, 0.1) is 5.71 Å². The van der Waals surface area contributed by atoms with E-state index in [0.717, 1.165) is 57.7 Å². The van der Waals surface area contributed by atoms with E-state index >= 15 is 0 Å². The standard InChI is InChI=1S/C30H44F3N3O4/c1-18(2)36(16-15-35(6)26(38)30(31,32)33)27(39)40-34-19(3)23-9-10-24-22-8-7-20-17-21(37)11-13-28(20,4)25(22)12-14-29(23,24)5/h17-18,22-25H,7-16H2,1-6H3/b34-19+/t22-,23+,24-,25-,28-,29+/m0/s1. The van der Waals surface area contributed by atoms with Gasteiger partial charge in [-0.05, 0) is 100 Å². The molecular formula is C30H44F3N3O4. The largest absolute Gasteiger partial charge is 0.471 e. The minimum atomic E-state index is -4.96. The van der Waals surface area contributed by atoms with E-state index in [1.807, 2.05) is 13.0 Å². The Labute approximate surface area is 235 Å². The van der Waals surface area contributed by atoms with Gasteiger partial charge in [-0.15, -0.1) is 0 Å². The molecule has 6 atom stereocenters. The Morgan fingerprint density at radius 3 is 2.42 bits per heavy atom. The van der Waals surface area contributed by atoms with E-state index in [-0.39, 0.29) is 41.7 Å². The summed E-state index contributed by atoms with van der Waals surface area (Å²) < 4.78 is 38.2. The average Bonchev–Trinajstić information content (AvgIpc) is 3.23. The predicted octanol–water partition coefficient (Wildman–Crippen LogP) is 6.38. The zero-order chi connectivity index (χ0) is 29.6. The summed E-state index contributed by atoms with van der Waals surface area (Å²) in [6.07, 6.45) is 4.22. The molecular weight excluding hydrogens is 523 g/mol. The third-order valence-electron chi connectivity index (χ3n) is 10.9. The van der Waals surface area contributed by atoms with Crippen LogP contribution in [-0.4, -0.2) is 65.7 Å². The summed E-state index contributed by atoms with van der Waals surface area (Å²) in [5.41, 5.74) is 2.31. The van der Waals surface area contributed by atoms with Gasteiger partial charge >= 0.3 is 18.2 Å². The second kappa shape index (κ2) is 11.1. The first-order valence-corrected chi connectivity index (χ1v) is 14.7. The Kier molecular flexibility index (Phi) is 8.50. The van der Waals surface area contributed by atoms with Gasteiger partial charge in [0.1, 0.15) is 0 Å². The van der Waals surface area contributed by atoms with Crippen molar-refractivity contribution in [1.29, 1.82) is 0 Å². The zero-order valence-electron chi connectivity index (χ0n) is 24.6. The third kappa shape index (κ3) is 5.56. The summed E-state index contributed by atoms with van der Waals surface area (Å²) in [6.45, 7) is 9.73. The van der Waals surface area contributed by atoms with Crippen molar-refractivity contribution in [3.63, 3.8) is 0 Å². The summed E-state index contributed by atoms with van der Waals surface area (Å²) in [7, 11) is 1.06. The normalized spacial score (nSPS) is 34.0. The maximum absolute atomic E-state index is 12.9. The van der Waals surface area contributed by atoms with E-state index in [9.17, 15) is 27.6 Å². The quantitative estimate of drug-likeness (QED) is 0.212. The van der Waals surface area contributed by atoms with Crippen molar-refractivity contribution in [2.45, 2.75) is 98.2 Å². The fourth-order valence-electron chi connectivity index (χ4n) is 8.61. The number of likely N-dealkylation sites (N-methyl/N-ethyl adjacent to an activating group) is 1. The van der Waals surface area contributed by atoms with Crippen LogP contribution >= 0.6 is 0 Å². The van der Waals surface area contributed by atoms with E-state index in [1.165, 1.54) is 10.5 Å². The molecule has 0 N–H and O–H groups in total. The molecule has 0 saturated heterocycles. The van der Waals surface area contributed by atoms with Crippen molar-refractivity contribution in [2.24, 2.45) is 39.7 Å². The number of hydrogen-bond donors (Lipinski definition) is 0. The van der Waals surface area contributed by atoms with Gasteiger partial charge in [0.25, 0.3) is 0 Å². The number of carbonyl (C=O) groups excluding carboxylic acids is 3. The van der Waals surface area contributed by atoms with E-state index in [0.29, 0.717) is 29.1 Å². The zero-order valence-corrected chi connectivity index (χ0v) is 24.6. The van der Waals surface area contributed by atoms with Crippen LogP contribution in [-0.2, 0) is 14.4 Å². The van der Waals surface area contributed by atoms with E-state index in [1.54, 1.807) is 13.8 Å². The number of fused-ring (bicyclic) bond motifs is 5. The van der Waals surface area contributed by atoms with E-state index in [4.69, 9.17) is 4.84 Å². The van der Waals surface area contributed by atoms with Crippen molar-refractivity contribution < 1.29 is 32.4 Å². The van der Waals surface area contributed by atoms with Crippen molar-refractivity contribution >= 4 is 23.5 Å². The number of ketones is 1.